The highest BCUT2D eigenvalue weighted by atomic mass is 35.5. The molecule has 0 aliphatic rings. The van der Waals surface area contributed by atoms with Crippen molar-refractivity contribution in [1.82, 2.24) is 0 Å². The molecule has 12 heteroatoms. The van der Waals surface area contributed by atoms with Gasteiger partial charge in [0.1, 0.15) is 4.90 Å². The van der Waals surface area contributed by atoms with Crippen LogP contribution in [-0.2, 0) is 10.0 Å². The highest BCUT2D eigenvalue weighted by Crippen LogP contribution is 2.33. The number of sulfonamides is 1. The summed E-state index contributed by atoms with van der Waals surface area (Å²) in [4.78, 5) is 26.6. The lowest BCUT2D eigenvalue weighted by Crippen LogP contribution is -2.41. The lowest BCUT2D eigenvalue weighted by Gasteiger charge is -2.21. The van der Waals surface area contributed by atoms with E-state index in [0.29, 0.717) is 4.31 Å². The van der Waals surface area contributed by atoms with Gasteiger partial charge in [-0.15, -0.1) is 0 Å². The Kier molecular flexibility index (Phi) is 5.94. The third-order valence-electron chi connectivity index (χ3n) is 3.19. The van der Waals surface area contributed by atoms with Gasteiger partial charge in [-0.1, -0.05) is 41.4 Å². The predicted octanol–water partition coefficient (Wildman–Crippen LogP) is 1.68. The second-order valence-electron chi connectivity index (χ2n) is 5.05. The normalized spacial score (nSPS) is 10.9. The topological polar surface area (TPSA) is 162 Å². The van der Waals surface area contributed by atoms with Crippen molar-refractivity contribution >= 4 is 56.8 Å². The minimum absolute atomic E-state index is 0.0203. The summed E-state index contributed by atoms with van der Waals surface area (Å²) in [6.45, 7) is 0. The highest BCUT2D eigenvalue weighted by Gasteiger charge is 2.32. The monoisotopic (exact) mass is 429 g/mol. The molecule has 2 rings (SSSR count). The summed E-state index contributed by atoms with van der Waals surface area (Å²) in [7, 11) is -4.58. The molecular weight excluding hydrogens is 417 g/mol. The average Bonchev–Trinajstić information content (AvgIpc) is 2.54. The molecule has 0 atom stereocenters. The second kappa shape index (κ2) is 7.82. The molecule has 0 aliphatic carbocycles. The Labute approximate surface area is 164 Å². The van der Waals surface area contributed by atoms with Crippen LogP contribution in [0.2, 0.25) is 10.0 Å². The van der Waals surface area contributed by atoms with Gasteiger partial charge in [-0.25, -0.2) is 13.2 Å². The van der Waals surface area contributed by atoms with Gasteiger partial charge in [-0.3, -0.25) is 4.79 Å². The number of amides is 3. The molecule has 0 radical (unpaired) electrons. The van der Waals surface area contributed by atoms with Crippen molar-refractivity contribution in [3.8, 4) is 0 Å². The van der Waals surface area contributed by atoms with Crippen LogP contribution in [0.15, 0.2) is 52.4 Å². The summed E-state index contributed by atoms with van der Waals surface area (Å²) in [5.41, 5.74) is 15.2. The summed E-state index contributed by atoms with van der Waals surface area (Å²) < 4.78 is 26.4. The van der Waals surface area contributed by atoms with Gasteiger partial charge >= 0.3 is 6.03 Å². The number of benzene rings is 2. The number of aliphatic imine (C=N–C) groups is 1. The highest BCUT2D eigenvalue weighted by molar-refractivity contribution is 7.93. The van der Waals surface area contributed by atoms with E-state index in [1.807, 2.05) is 0 Å². The molecule has 0 aliphatic heterocycles. The van der Waals surface area contributed by atoms with Crippen molar-refractivity contribution in [3.05, 3.63) is 58.1 Å². The van der Waals surface area contributed by atoms with E-state index >= 15 is 0 Å². The smallest absolute Gasteiger partial charge is 0.333 e. The van der Waals surface area contributed by atoms with Gasteiger partial charge in [0.15, 0.2) is 5.96 Å². The summed E-state index contributed by atoms with van der Waals surface area (Å²) in [5.74, 6) is -1.53. The van der Waals surface area contributed by atoms with Crippen molar-refractivity contribution in [2.75, 3.05) is 4.31 Å². The van der Waals surface area contributed by atoms with Crippen molar-refractivity contribution in [1.29, 1.82) is 0 Å². The number of hydrogen-bond donors (Lipinski definition) is 3. The van der Waals surface area contributed by atoms with Crippen LogP contribution in [0, 0.1) is 0 Å². The quantitative estimate of drug-likeness (QED) is 0.494. The first kappa shape index (κ1) is 20.5. The Morgan fingerprint density at radius 2 is 1.56 bits per heavy atom. The number of halogens is 2. The van der Waals surface area contributed by atoms with Crippen LogP contribution < -0.4 is 21.5 Å². The lowest BCUT2D eigenvalue weighted by molar-refractivity contribution is 0.100. The Morgan fingerprint density at radius 3 is 2.07 bits per heavy atom. The lowest BCUT2D eigenvalue weighted by atomic mass is 10.2. The molecule has 6 N–H and O–H groups in total. The van der Waals surface area contributed by atoms with E-state index in [9.17, 15) is 18.0 Å². The molecule has 0 unspecified atom stereocenters. The average molecular weight is 430 g/mol. The van der Waals surface area contributed by atoms with Crippen LogP contribution in [0.4, 0.5) is 10.5 Å². The van der Waals surface area contributed by atoms with Crippen molar-refractivity contribution in [3.63, 3.8) is 0 Å². The SMILES string of the molecule is NC(=O)N(c1ccccc1)S(=O)(=O)c1cc(C(=O)N=C(N)N)c(Cl)cc1Cl. The van der Waals surface area contributed by atoms with Gasteiger partial charge in [0, 0.05) is 0 Å². The van der Waals surface area contributed by atoms with Crippen molar-refractivity contribution in [2.45, 2.75) is 4.90 Å². The van der Waals surface area contributed by atoms with E-state index in [4.69, 9.17) is 40.4 Å². The molecule has 27 heavy (non-hydrogen) atoms. The first-order valence-electron chi connectivity index (χ1n) is 7.08. The number of carbonyl (C=O) groups excluding carboxylic acids is 2. The summed E-state index contributed by atoms with van der Waals surface area (Å²) in [6, 6.07) is 7.98. The molecule has 3 amide bonds. The van der Waals surface area contributed by atoms with E-state index in [1.165, 1.54) is 24.3 Å². The Morgan fingerprint density at radius 1 is 0.963 bits per heavy atom. The number of urea groups is 1. The zero-order valence-electron chi connectivity index (χ0n) is 13.5. The summed E-state index contributed by atoms with van der Waals surface area (Å²) in [6.07, 6.45) is 0. The van der Waals surface area contributed by atoms with Gasteiger partial charge in [0.2, 0.25) is 0 Å². The molecule has 9 nitrogen and oxygen atoms in total. The van der Waals surface area contributed by atoms with Crippen LogP contribution in [-0.4, -0.2) is 26.3 Å². The number of nitrogens with two attached hydrogens (primary N) is 3. The minimum atomic E-state index is -4.58. The minimum Gasteiger partial charge on any atom is -0.370 e. The second-order valence-corrected chi connectivity index (χ2v) is 7.62. The first-order chi connectivity index (χ1) is 12.6. The molecular formula is C15H13Cl2N5O4S. The molecule has 2 aromatic rings. The van der Waals surface area contributed by atoms with Gasteiger partial charge in [0.25, 0.3) is 15.9 Å². The molecule has 0 heterocycles. The summed E-state index contributed by atoms with van der Waals surface area (Å²) >= 11 is 11.9. The van der Waals surface area contributed by atoms with Crippen LogP contribution in [0.1, 0.15) is 10.4 Å². The Bertz CT molecular complexity index is 1040. The Balaban J connectivity index is 2.69. The molecule has 0 fully saturated rings. The number of guanidine groups is 1. The van der Waals surface area contributed by atoms with E-state index in [2.05, 4.69) is 4.99 Å². The summed E-state index contributed by atoms with van der Waals surface area (Å²) in [5, 5.41) is -0.511. The number of carbonyl (C=O) groups is 2. The number of nitrogens with zero attached hydrogens (tertiary/aromatic N) is 2. The molecule has 0 bridgehead atoms. The zero-order chi connectivity index (χ0) is 20.4. The van der Waals surface area contributed by atoms with Crippen molar-refractivity contribution < 1.29 is 18.0 Å². The van der Waals surface area contributed by atoms with E-state index < -0.39 is 32.8 Å². The maximum absolute atomic E-state index is 13.0. The van der Waals surface area contributed by atoms with Gasteiger partial charge < -0.3 is 17.2 Å². The number of anilines is 1. The van der Waals surface area contributed by atoms with E-state index in [-0.39, 0.29) is 21.3 Å². The fourth-order valence-corrected chi connectivity index (χ4v) is 4.28. The van der Waals surface area contributed by atoms with Crippen LogP contribution in [0.25, 0.3) is 0 Å². The molecule has 0 saturated heterocycles. The molecule has 0 spiro atoms. The molecule has 142 valence electrons. The maximum atomic E-state index is 13.0. The fraction of sp³-hybridized carbons (Fsp3) is 0. The van der Waals surface area contributed by atoms with Crippen LogP contribution in [0.5, 0.6) is 0 Å². The number of rotatable bonds is 4. The standard InChI is InChI=1S/C15H13Cl2N5O4S/c16-10-7-11(17)12(6-9(10)13(23)21-14(18)19)27(25,26)22(15(20)24)8-4-2-1-3-5-8/h1-7H,(H2,20,24)(H4,18,19,21,23). The maximum Gasteiger partial charge on any atom is 0.333 e. The van der Waals surface area contributed by atoms with E-state index in [1.54, 1.807) is 6.07 Å². The first-order valence-corrected chi connectivity index (χ1v) is 9.28. The van der Waals surface area contributed by atoms with Crippen LogP contribution in [0.3, 0.4) is 0 Å². The largest absolute Gasteiger partial charge is 0.370 e. The third-order valence-corrected chi connectivity index (χ3v) is 5.69. The predicted molar refractivity (Wildman–Crippen MR) is 102 cm³/mol. The van der Waals surface area contributed by atoms with Gasteiger partial charge in [-0.05, 0) is 24.3 Å². The van der Waals surface area contributed by atoms with E-state index in [0.717, 1.165) is 12.1 Å². The van der Waals surface area contributed by atoms with Gasteiger partial charge in [-0.2, -0.15) is 9.30 Å². The van der Waals surface area contributed by atoms with Gasteiger partial charge in [0.05, 0.1) is 21.3 Å². The van der Waals surface area contributed by atoms with Crippen LogP contribution >= 0.6 is 23.2 Å². The molecule has 2 aromatic carbocycles. The fourth-order valence-electron chi connectivity index (χ4n) is 2.11. The third kappa shape index (κ3) is 4.30. The number of hydrogen-bond acceptors (Lipinski definition) is 4. The molecule has 0 saturated carbocycles. The Hall–Kier alpha value is -2.82. The number of primary amides is 1. The van der Waals surface area contributed by atoms with Crippen molar-refractivity contribution in [2.24, 2.45) is 22.2 Å². The number of para-hydroxylation sites is 1. The molecule has 0 aromatic heterocycles. The zero-order valence-corrected chi connectivity index (χ0v) is 15.8.